The second-order valence-electron chi connectivity index (χ2n) is 4.94. The van der Waals surface area contributed by atoms with Crippen molar-refractivity contribution in [2.24, 2.45) is 0 Å². The molecule has 2 heteroatoms. The van der Waals surface area contributed by atoms with Crippen LogP contribution in [0.2, 0.25) is 0 Å². The molecule has 0 N–H and O–H groups in total. The summed E-state index contributed by atoms with van der Waals surface area (Å²) in [5, 5.41) is 0. The quantitative estimate of drug-likeness (QED) is 0.772. The second kappa shape index (κ2) is 5.70. The molecule has 2 aromatic rings. The van der Waals surface area contributed by atoms with Crippen molar-refractivity contribution in [3.05, 3.63) is 65.2 Å². The maximum absolute atomic E-state index is 11.2. The first kappa shape index (κ1) is 13.3. The van der Waals surface area contributed by atoms with Crippen LogP contribution in [0, 0.1) is 6.92 Å². The van der Waals surface area contributed by atoms with Gasteiger partial charge in [-0.2, -0.15) is 0 Å². The highest BCUT2D eigenvalue weighted by atomic mass is 16.1. The van der Waals surface area contributed by atoms with Gasteiger partial charge in [-0.3, -0.25) is 4.79 Å². The SMILES string of the molecule is CC(=O)c1ccc(N(C)Cc2ccc(C)cc2)cc1. The number of anilines is 1. The van der Waals surface area contributed by atoms with Gasteiger partial charge in [0.25, 0.3) is 0 Å². The number of benzene rings is 2. The summed E-state index contributed by atoms with van der Waals surface area (Å²) in [6, 6.07) is 16.3. The number of rotatable bonds is 4. The number of hydrogen-bond donors (Lipinski definition) is 0. The van der Waals surface area contributed by atoms with Crippen LogP contribution in [0.25, 0.3) is 0 Å². The van der Waals surface area contributed by atoms with Crippen LogP contribution in [-0.4, -0.2) is 12.8 Å². The summed E-state index contributed by atoms with van der Waals surface area (Å²) in [6.07, 6.45) is 0. The van der Waals surface area contributed by atoms with Crippen molar-refractivity contribution in [1.29, 1.82) is 0 Å². The Labute approximate surface area is 114 Å². The van der Waals surface area contributed by atoms with Crippen LogP contribution < -0.4 is 4.90 Å². The second-order valence-corrected chi connectivity index (χ2v) is 4.94. The van der Waals surface area contributed by atoms with Crippen molar-refractivity contribution in [3.8, 4) is 0 Å². The van der Waals surface area contributed by atoms with Crippen LogP contribution in [0.4, 0.5) is 5.69 Å². The van der Waals surface area contributed by atoms with Gasteiger partial charge in [0.15, 0.2) is 5.78 Å². The van der Waals surface area contributed by atoms with E-state index in [1.165, 1.54) is 11.1 Å². The third kappa shape index (κ3) is 3.44. The Morgan fingerprint density at radius 3 is 2.11 bits per heavy atom. The minimum absolute atomic E-state index is 0.104. The van der Waals surface area contributed by atoms with Gasteiger partial charge in [0, 0.05) is 24.8 Å². The Balaban J connectivity index is 2.09. The van der Waals surface area contributed by atoms with Crippen molar-refractivity contribution in [3.63, 3.8) is 0 Å². The van der Waals surface area contributed by atoms with E-state index < -0.39 is 0 Å². The van der Waals surface area contributed by atoms with Crippen molar-refractivity contribution in [2.45, 2.75) is 20.4 Å². The lowest BCUT2D eigenvalue weighted by molar-refractivity contribution is 0.101. The molecular formula is C17H19NO. The first-order valence-corrected chi connectivity index (χ1v) is 6.44. The van der Waals surface area contributed by atoms with Crippen molar-refractivity contribution >= 4 is 11.5 Å². The van der Waals surface area contributed by atoms with Gasteiger partial charge < -0.3 is 4.90 Å². The predicted molar refractivity (Wildman–Crippen MR) is 79.7 cm³/mol. The number of Topliss-reactive ketones (excluding diaryl/α,β-unsaturated/α-hetero) is 1. The molecule has 0 heterocycles. The van der Waals surface area contributed by atoms with E-state index in [2.05, 4.69) is 43.1 Å². The van der Waals surface area contributed by atoms with Crippen LogP contribution in [0.3, 0.4) is 0 Å². The average Bonchev–Trinajstić information content (AvgIpc) is 2.41. The fourth-order valence-corrected chi connectivity index (χ4v) is 2.01. The lowest BCUT2D eigenvalue weighted by Gasteiger charge is -2.19. The van der Waals surface area contributed by atoms with E-state index in [1.54, 1.807) is 6.92 Å². The number of ketones is 1. The van der Waals surface area contributed by atoms with E-state index >= 15 is 0 Å². The Kier molecular flexibility index (Phi) is 4.00. The Bertz CT molecular complexity index is 555. The minimum Gasteiger partial charge on any atom is -0.370 e. The summed E-state index contributed by atoms with van der Waals surface area (Å²) in [5.74, 6) is 0.104. The highest BCUT2D eigenvalue weighted by molar-refractivity contribution is 5.94. The molecule has 0 amide bonds. The van der Waals surface area contributed by atoms with Gasteiger partial charge in [-0.25, -0.2) is 0 Å². The summed E-state index contributed by atoms with van der Waals surface area (Å²) in [4.78, 5) is 13.4. The first-order valence-electron chi connectivity index (χ1n) is 6.44. The Hall–Kier alpha value is -2.09. The number of nitrogens with zero attached hydrogens (tertiary/aromatic N) is 1. The maximum atomic E-state index is 11.2. The average molecular weight is 253 g/mol. The summed E-state index contributed by atoms with van der Waals surface area (Å²) < 4.78 is 0. The lowest BCUT2D eigenvalue weighted by Crippen LogP contribution is -2.16. The molecule has 0 fully saturated rings. The molecule has 2 rings (SSSR count). The molecule has 0 aliphatic rings. The van der Waals surface area contributed by atoms with Crippen LogP contribution in [0.15, 0.2) is 48.5 Å². The maximum Gasteiger partial charge on any atom is 0.159 e. The largest absolute Gasteiger partial charge is 0.370 e. The van der Waals surface area contributed by atoms with Crippen LogP contribution in [0.5, 0.6) is 0 Å². The number of carbonyl (C=O) groups excluding carboxylic acids is 1. The molecule has 0 saturated heterocycles. The molecule has 0 spiro atoms. The van der Waals surface area contributed by atoms with Crippen LogP contribution in [0.1, 0.15) is 28.4 Å². The van der Waals surface area contributed by atoms with E-state index in [1.807, 2.05) is 24.3 Å². The van der Waals surface area contributed by atoms with E-state index in [9.17, 15) is 4.79 Å². The standard InChI is InChI=1S/C17H19NO/c1-13-4-6-15(7-5-13)12-18(3)17-10-8-16(9-11-17)14(2)19/h4-11H,12H2,1-3H3. The van der Waals surface area contributed by atoms with Gasteiger partial charge in [-0.05, 0) is 43.7 Å². The molecule has 0 unspecified atom stereocenters. The number of carbonyl (C=O) groups is 1. The van der Waals surface area contributed by atoms with E-state index in [-0.39, 0.29) is 5.78 Å². The number of hydrogen-bond acceptors (Lipinski definition) is 2. The van der Waals surface area contributed by atoms with Gasteiger partial charge in [0.05, 0.1) is 0 Å². The topological polar surface area (TPSA) is 20.3 Å². The van der Waals surface area contributed by atoms with Gasteiger partial charge in [-0.1, -0.05) is 29.8 Å². The fraction of sp³-hybridized carbons (Fsp3) is 0.235. The molecule has 2 aromatic carbocycles. The molecule has 0 atom stereocenters. The molecule has 0 aliphatic heterocycles. The smallest absolute Gasteiger partial charge is 0.159 e. The van der Waals surface area contributed by atoms with E-state index in [0.717, 1.165) is 17.8 Å². The molecule has 19 heavy (non-hydrogen) atoms. The Morgan fingerprint density at radius 2 is 1.58 bits per heavy atom. The van der Waals surface area contributed by atoms with Gasteiger partial charge in [0.1, 0.15) is 0 Å². The molecule has 98 valence electrons. The van der Waals surface area contributed by atoms with Crippen molar-refractivity contribution in [2.75, 3.05) is 11.9 Å². The van der Waals surface area contributed by atoms with Gasteiger partial charge in [-0.15, -0.1) is 0 Å². The predicted octanol–water partition coefficient (Wildman–Crippen LogP) is 3.83. The Morgan fingerprint density at radius 1 is 1.00 bits per heavy atom. The third-order valence-electron chi connectivity index (χ3n) is 3.25. The zero-order valence-corrected chi connectivity index (χ0v) is 11.7. The fourth-order valence-electron chi connectivity index (χ4n) is 2.01. The zero-order valence-electron chi connectivity index (χ0n) is 11.7. The number of aryl methyl sites for hydroxylation is 1. The van der Waals surface area contributed by atoms with Gasteiger partial charge >= 0.3 is 0 Å². The molecule has 0 bridgehead atoms. The molecule has 0 aliphatic carbocycles. The summed E-state index contributed by atoms with van der Waals surface area (Å²) >= 11 is 0. The lowest BCUT2D eigenvalue weighted by atomic mass is 10.1. The summed E-state index contributed by atoms with van der Waals surface area (Å²) in [7, 11) is 2.06. The van der Waals surface area contributed by atoms with Crippen molar-refractivity contribution in [1.82, 2.24) is 0 Å². The highest BCUT2D eigenvalue weighted by Gasteiger charge is 2.04. The minimum atomic E-state index is 0.104. The van der Waals surface area contributed by atoms with Crippen molar-refractivity contribution < 1.29 is 4.79 Å². The third-order valence-corrected chi connectivity index (χ3v) is 3.25. The molecule has 0 saturated carbocycles. The van der Waals surface area contributed by atoms with Crippen LogP contribution >= 0.6 is 0 Å². The summed E-state index contributed by atoms with van der Waals surface area (Å²) in [6.45, 7) is 4.54. The molecule has 0 aromatic heterocycles. The monoisotopic (exact) mass is 253 g/mol. The van der Waals surface area contributed by atoms with Gasteiger partial charge in [0.2, 0.25) is 0 Å². The molecule has 2 nitrogen and oxygen atoms in total. The highest BCUT2D eigenvalue weighted by Crippen LogP contribution is 2.17. The zero-order chi connectivity index (χ0) is 13.8. The molecule has 0 radical (unpaired) electrons. The first-order chi connectivity index (χ1) is 9.06. The van der Waals surface area contributed by atoms with Crippen LogP contribution in [-0.2, 0) is 6.54 Å². The summed E-state index contributed by atoms with van der Waals surface area (Å²) in [5.41, 5.74) is 4.43. The van der Waals surface area contributed by atoms with E-state index in [0.29, 0.717) is 0 Å². The normalized spacial score (nSPS) is 10.3. The van der Waals surface area contributed by atoms with E-state index in [4.69, 9.17) is 0 Å². The molecular weight excluding hydrogens is 234 g/mol.